The van der Waals surface area contributed by atoms with Crippen molar-refractivity contribution in [3.63, 3.8) is 0 Å². The summed E-state index contributed by atoms with van der Waals surface area (Å²) in [5.41, 5.74) is 0.775. The zero-order valence-corrected chi connectivity index (χ0v) is 19.7. The minimum absolute atomic E-state index is 0.00407. The van der Waals surface area contributed by atoms with Crippen LogP contribution < -0.4 is 15.6 Å². The lowest BCUT2D eigenvalue weighted by Crippen LogP contribution is -2.30. The van der Waals surface area contributed by atoms with Crippen molar-refractivity contribution >= 4 is 21.6 Å². The number of benzene rings is 2. The first-order valence-corrected chi connectivity index (χ1v) is 11.8. The van der Waals surface area contributed by atoms with Gasteiger partial charge in [0.05, 0.1) is 10.6 Å². The molecule has 1 aromatic heterocycles. The number of anilines is 1. The van der Waals surface area contributed by atoms with E-state index < -0.39 is 15.9 Å². The molecule has 0 saturated carbocycles. The molecule has 174 valence electrons. The van der Waals surface area contributed by atoms with E-state index in [1.165, 1.54) is 41.7 Å². The Labute approximate surface area is 192 Å². The summed E-state index contributed by atoms with van der Waals surface area (Å²) in [5.74, 6) is 0.180. The smallest absolute Gasteiger partial charge is 0.276 e. The van der Waals surface area contributed by atoms with Crippen LogP contribution >= 0.6 is 0 Å². The van der Waals surface area contributed by atoms with Crippen molar-refractivity contribution in [1.29, 1.82) is 0 Å². The van der Waals surface area contributed by atoms with Gasteiger partial charge in [-0.1, -0.05) is 26.0 Å². The van der Waals surface area contributed by atoms with Crippen molar-refractivity contribution < 1.29 is 17.9 Å². The molecule has 0 spiro atoms. The van der Waals surface area contributed by atoms with E-state index in [4.69, 9.17) is 4.74 Å². The van der Waals surface area contributed by atoms with Crippen LogP contribution in [0.25, 0.3) is 0 Å². The maximum Gasteiger partial charge on any atom is 0.276 e. The number of sulfonamides is 1. The van der Waals surface area contributed by atoms with Gasteiger partial charge < -0.3 is 10.1 Å². The third-order valence-electron chi connectivity index (χ3n) is 4.95. The summed E-state index contributed by atoms with van der Waals surface area (Å²) in [7, 11) is -2.33. The topological polar surface area (TPSA) is 111 Å². The van der Waals surface area contributed by atoms with E-state index in [1.54, 1.807) is 19.9 Å². The summed E-state index contributed by atoms with van der Waals surface area (Å²) in [4.78, 5) is 24.4. The lowest BCUT2D eigenvalue weighted by molar-refractivity contribution is 0.101. The Bertz CT molecular complexity index is 1330. The standard InChI is InChI=1S/C23H26N4O5S/c1-5-27(6-2)33(30,31)18-10-12-21(32-17-9-7-8-16(3)14-17)20(15-18)24-23(29)19-11-13-22(28)26(4)25-19/h7-15H,5-6H2,1-4H3,(H,24,29). The number of rotatable bonds is 8. The fourth-order valence-corrected chi connectivity index (χ4v) is 4.67. The van der Waals surface area contributed by atoms with Crippen LogP contribution in [0.3, 0.4) is 0 Å². The highest BCUT2D eigenvalue weighted by Gasteiger charge is 2.24. The monoisotopic (exact) mass is 470 g/mol. The molecule has 0 unspecified atom stereocenters. The minimum Gasteiger partial charge on any atom is -0.455 e. The summed E-state index contributed by atoms with van der Waals surface area (Å²) in [6.45, 7) is 6.04. The van der Waals surface area contributed by atoms with Crippen LogP contribution in [0.4, 0.5) is 5.69 Å². The molecule has 0 aliphatic rings. The minimum atomic E-state index is -3.77. The largest absolute Gasteiger partial charge is 0.455 e. The van der Waals surface area contributed by atoms with Crippen molar-refractivity contribution in [2.75, 3.05) is 18.4 Å². The Balaban J connectivity index is 2.04. The molecule has 3 rings (SSSR count). The molecule has 0 fully saturated rings. The number of hydrogen-bond donors (Lipinski definition) is 1. The third-order valence-corrected chi connectivity index (χ3v) is 7.00. The number of carbonyl (C=O) groups is 1. The Hall–Kier alpha value is -3.50. The van der Waals surface area contributed by atoms with Gasteiger partial charge in [0, 0.05) is 26.2 Å². The highest BCUT2D eigenvalue weighted by molar-refractivity contribution is 7.89. The van der Waals surface area contributed by atoms with E-state index in [0.717, 1.165) is 10.2 Å². The van der Waals surface area contributed by atoms with Gasteiger partial charge >= 0.3 is 0 Å². The van der Waals surface area contributed by atoms with E-state index in [0.29, 0.717) is 18.8 Å². The predicted molar refractivity (Wildman–Crippen MR) is 125 cm³/mol. The van der Waals surface area contributed by atoms with Crippen molar-refractivity contribution in [1.82, 2.24) is 14.1 Å². The summed E-state index contributed by atoms with van der Waals surface area (Å²) in [5, 5.41) is 6.62. The number of nitrogens with zero attached hydrogens (tertiary/aromatic N) is 3. The van der Waals surface area contributed by atoms with Crippen molar-refractivity contribution in [2.24, 2.45) is 7.05 Å². The molecule has 2 aromatic carbocycles. The van der Waals surface area contributed by atoms with Crippen molar-refractivity contribution in [3.05, 3.63) is 76.2 Å². The van der Waals surface area contributed by atoms with E-state index >= 15 is 0 Å². The molecule has 0 atom stereocenters. The zero-order chi connectivity index (χ0) is 24.2. The Kier molecular flexibility index (Phi) is 7.29. The fraction of sp³-hybridized carbons (Fsp3) is 0.261. The van der Waals surface area contributed by atoms with Crippen molar-refractivity contribution in [2.45, 2.75) is 25.7 Å². The first-order valence-electron chi connectivity index (χ1n) is 10.4. The molecule has 1 N–H and O–H groups in total. The van der Waals surface area contributed by atoms with Crippen molar-refractivity contribution in [3.8, 4) is 11.5 Å². The first-order chi connectivity index (χ1) is 15.6. The summed E-state index contributed by atoms with van der Waals surface area (Å²) >= 11 is 0. The van der Waals surface area contributed by atoms with Gasteiger partial charge in [0.25, 0.3) is 11.5 Å². The van der Waals surface area contributed by atoms with Gasteiger partial charge in [-0.05, 0) is 48.9 Å². The average molecular weight is 471 g/mol. The molecule has 3 aromatic rings. The van der Waals surface area contributed by atoms with Crippen LogP contribution in [0.5, 0.6) is 11.5 Å². The highest BCUT2D eigenvalue weighted by atomic mass is 32.2. The molecule has 33 heavy (non-hydrogen) atoms. The maximum absolute atomic E-state index is 13.0. The lowest BCUT2D eigenvalue weighted by atomic mass is 10.2. The Morgan fingerprint density at radius 2 is 1.82 bits per heavy atom. The number of ether oxygens (including phenoxy) is 1. The van der Waals surface area contributed by atoms with Gasteiger partial charge in [0.15, 0.2) is 5.75 Å². The number of aryl methyl sites for hydroxylation is 2. The van der Waals surface area contributed by atoms with E-state index in [2.05, 4.69) is 10.4 Å². The van der Waals surface area contributed by atoms with Crippen LogP contribution in [0.1, 0.15) is 29.9 Å². The van der Waals surface area contributed by atoms with Crippen LogP contribution in [0.2, 0.25) is 0 Å². The fourth-order valence-electron chi connectivity index (χ4n) is 3.18. The summed E-state index contributed by atoms with van der Waals surface area (Å²) in [6.07, 6.45) is 0. The second-order valence-corrected chi connectivity index (χ2v) is 9.24. The van der Waals surface area contributed by atoms with Crippen LogP contribution in [-0.2, 0) is 17.1 Å². The number of aromatic nitrogens is 2. The molecule has 0 aliphatic carbocycles. The van der Waals surface area contributed by atoms with Gasteiger partial charge in [0.1, 0.15) is 11.4 Å². The van der Waals surface area contributed by atoms with Crippen LogP contribution in [-0.4, -0.2) is 41.5 Å². The van der Waals surface area contributed by atoms with Gasteiger partial charge in [-0.2, -0.15) is 9.40 Å². The SMILES string of the molecule is CCN(CC)S(=O)(=O)c1ccc(Oc2cccc(C)c2)c(NC(=O)c2ccc(=O)n(C)n2)c1. The predicted octanol–water partition coefficient (Wildman–Crippen LogP) is 3.16. The Morgan fingerprint density at radius 1 is 1.09 bits per heavy atom. The molecule has 9 nitrogen and oxygen atoms in total. The van der Waals surface area contributed by atoms with E-state index in [9.17, 15) is 18.0 Å². The number of hydrogen-bond acceptors (Lipinski definition) is 6. The normalized spacial score (nSPS) is 11.4. The molecule has 10 heteroatoms. The molecule has 0 bridgehead atoms. The lowest BCUT2D eigenvalue weighted by Gasteiger charge is -2.20. The van der Waals surface area contributed by atoms with Crippen LogP contribution in [0, 0.1) is 6.92 Å². The zero-order valence-electron chi connectivity index (χ0n) is 18.9. The molecular weight excluding hydrogens is 444 g/mol. The van der Waals surface area contributed by atoms with Gasteiger partial charge in [-0.3, -0.25) is 9.59 Å². The first kappa shape index (κ1) is 24.1. The highest BCUT2D eigenvalue weighted by Crippen LogP contribution is 2.33. The molecule has 0 aliphatic heterocycles. The quantitative estimate of drug-likeness (QED) is 0.541. The van der Waals surface area contributed by atoms with Crippen LogP contribution in [0.15, 0.2) is 64.3 Å². The van der Waals surface area contributed by atoms with Gasteiger partial charge in [0.2, 0.25) is 10.0 Å². The van der Waals surface area contributed by atoms with E-state index in [1.807, 2.05) is 25.1 Å². The molecule has 0 saturated heterocycles. The number of amides is 1. The molecule has 0 radical (unpaired) electrons. The average Bonchev–Trinajstić information content (AvgIpc) is 2.77. The Morgan fingerprint density at radius 3 is 2.45 bits per heavy atom. The second kappa shape index (κ2) is 9.97. The van der Waals surface area contributed by atoms with Gasteiger partial charge in [-0.25, -0.2) is 13.1 Å². The number of carbonyl (C=O) groups excluding carboxylic acids is 1. The summed E-state index contributed by atoms with van der Waals surface area (Å²) in [6, 6.07) is 14.2. The summed E-state index contributed by atoms with van der Waals surface area (Å²) < 4.78 is 34.4. The molecular formula is C23H26N4O5S. The number of nitrogens with one attached hydrogen (secondary N) is 1. The molecule has 1 heterocycles. The maximum atomic E-state index is 13.0. The molecule has 1 amide bonds. The second-order valence-electron chi connectivity index (χ2n) is 7.30. The van der Waals surface area contributed by atoms with Gasteiger partial charge in [-0.15, -0.1) is 0 Å². The third kappa shape index (κ3) is 5.47. The van der Waals surface area contributed by atoms with E-state index in [-0.39, 0.29) is 27.6 Å².